The highest BCUT2D eigenvalue weighted by molar-refractivity contribution is 9.10. The molecule has 2 rings (SSSR count). The van der Waals surface area contributed by atoms with Crippen LogP contribution in [0.5, 0.6) is 0 Å². The minimum Gasteiger partial charge on any atom is -0.328 e. The number of anilines is 1. The van der Waals surface area contributed by atoms with Gasteiger partial charge in [0, 0.05) is 23.6 Å². The number of hydrogen-bond acceptors (Lipinski definition) is 3. The smallest absolute Gasteiger partial charge is 0.238 e. The van der Waals surface area contributed by atoms with E-state index in [9.17, 15) is 4.79 Å². The summed E-state index contributed by atoms with van der Waals surface area (Å²) < 4.78 is 0.902. The summed E-state index contributed by atoms with van der Waals surface area (Å²) in [6.07, 6.45) is 1.95. The molecule has 1 aromatic carbocycles. The Labute approximate surface area is 128 Å². The van der Waals surface area contributed by atoms with Crippen LogP contribution in [0.1, 0.15) is 12.8 Å². The number of halogens is 2. The first-order valence-corrected chi connectivity index (χ1v) is 6.97. The van der Waals surface area contributed by atoms with Crippen molar-refractivity contribution in [2.45, 2.75) is 18.9 Å². The number of piperidine rings is 1. The Hall–Kier alpha value is -0.620. The number of carbonyl (C=O) groups excluding carboxylic acids is 1. The van der Waals surface area contributed by atoms with Crippen LogP contribution in [0.2, 0.25) is 0 Å². The Bertz CT molecular complexity index is 422. The van der Waals surface area contributed by atoms with Crippen molar-refractivity contribution in [3.05, 3.63) is 28.7 Å². The molecule has 106 valence electrons. The third-order valence-corrected chi connectivity index (χ3v) is 3.84. The van der Waals surface area contributed by atoms with Crippen LogP contribution < -0.4 is 11.1 Å². The molecule has 1 fully saturated rings. The Morgan fingerprint density at radius 2 is 2.00 bits per heavy atom. The Balaban J connectivity index is 0.00000180. The number of benzene rings is 1. The summed E-state index contributed by atoms with van der Waals surface area (Å²) in [5.41, 5.74) is 6.65. The summed E-state index contributed by atoms with van der Waals surface area (Å²) in [5, 5.41) is 2.91. The second-order valence-electron chi connectivity index (χ2n) is 4.64. The maximum absolute atomic E-state index is 11.9. The molecule has 19 heavy (non-hydrogen) atoms. The minimum atomic E-state index is 0. The van der Waals surface area contributed by atoms with Gasteiger partial charge >= 0.3 is 0 Å². The van der Waals surface area contributed by atoms with E-state index in [1.165, 1.54) is 0 Å². The number of likely N-dealkylation sites (tertiary alicyclic amines) is 1. The number of carbonyl (C=O) groups is 1. The molecular weight excluding hydrogens is 330 g/mol. The molecule has 0 bridgehead atoms. The molecule has 1 saturated heterocycles. The first-order valence-electron chi connectivity index (χ1n) is 6.17. The molecule has 0 atom stereocenters. The SMILES string of the molecule is Cl.NC1CCN(CC(=O)Nc2ccccc2Br)CC1. The first-order chi connectivity index (χ1) is 8.65. The zero-order chi connectivity index (χ0) is 13.0. The maximum Gasteiger partial charge on any atom is 0.238 e. The van der Waals surface area contributed by atoms with Crippen LogP contribution in [0, 0.1) is 0 Å². The van der Waals surface area contributed by atoms with Crippen LogP contribution in [0.15, 0.2) is 28.7 Å². The van der Waals surface area contributed by atoms with Gasteiger partial charge in [-0.1, -0.05) is 12.1 Å². The van der Waals surface area contributed by atoms with Gasteiger partial charge in [0.1, 0.15) is 0 Å². The van der Waals surface area contributed by atoms with Gasteiger partial charge in [-0.15, -0.1) is 12.4 Å². The fourth-order valence-corrected chi connectivity index (χ4v) is 2.45. The normalized spacial score (nSPS) is 16.7. The largest absolute Gasteiger partial charge is 0.328 e. The number of nitrogens with two attached hydrogens (primary N) is 1. The van der Waals surface area contributed by atoms with E-state index >= 15 is 0 Å². The molecule has 3 N–H and O–H groups in total. The predicted molar refractivity (Wildman–Crippen MR) is 83.7 cm³/mol. The predicted octanol–water partition coefficient (Wildman–Crippen LogP) is 2.23. The average Bonchev–Trinajstić information content (AvgIpc) is 2.35. The lowest BCUT2D eigenvalue weighted by Gasteiger charge is -2.29. The summed E-state index contributed by atoms with van der Waals surface area (Å²) in [6, 6.07) is 7.92. The lowest BCUT2D eigenvalue weighted by atomic mass is 10.1. The van der Waals surface area contributed by atoms with Gasteiger partial charge in [-0.3, -0.25) is 9.69 Å². The molecule has 0 spiro atoms. The second kappa shape index (κ2) is 7.85. The van der Waals surface area contributed by atoms with E-state index in [-0.39, 0.29) is 18.3 Å². The zero-order valence-corrected chi connectivity index (χ0v) is 13.0. The van der Waals surface area contributed by atoms with Crippen LogP contribution in [0.3, 0.4) is 0 Å². The molecule has 0 unspecified atom stereocenters. The van der Waals surface area contributed by atoms with Crippen molar-refractivity contribution in [2.24, 2.45) is 5.73 Å². The van der Waals surface area contributed by atoms with Gasteiger partial charge in [-0.25, -0.2) is 0 Å². The van der Waals surface area contributed by atoms with E-state index < -0.39 is 0 Å². The molecule has 0 radical (unpaired) electrons. The lowest BCUT2D eigenvalue weighted by molar-refractivity contribution is -0.117. The molecule has 4 nitrogen and oxygen atoms in total. The van der Waals surface area contributed by atoms with Gasteiger partial charge in [0.15, 0.2) is 0 Å². The van der Waals surface area contributed by atoms with Crippen molar-refractivity contribution in [1.29, 1.82) is 0 Å². The molecule has 1 aromatic rings. The Morgan fingerprint density at radius 1 is 1.37 bits per heavy atom. The van der Waals surface area contributed by atoms with Gasteiger partial charge in [0.05, 0.1) is 12.2 Å². The van der Waals surface area contributed by atoms with Gasteiger partial charge in [-0.05, 0) is 40.9 Å². The average molecular weight is 349 g/mol. The van der Waals surface area contributed by atoms with Crippen molar-refractivity contribution in [3.8, 4) is 0 Å². The molecule has 0 aliphatic carbocycles. The topological polar surface area (TPSA) is 58.4 Å². The number of amides is 1. The van der Waals surface area contributed by atoms with Gasteiger partial charge in [0.2, 0.25) is 5.91 Å². The van der Waals surface area contributed by atoms with Crippen molar-refractivity contribution in [2.75, 3.05) is 25.0 Å². The fourth-order valence-electron chi connectivity index (χ4n) is 2.07. The summed E-state index contributed by atoms with van der Waals surface area (Å²) in [6.45, 7) is 2.25. The third kappa shape index (κ3) is 5.10. The van der Waals surface area contributed by atoms with Crippen molar-refractivity contribution < 1.29 is 4.79 Å². The summed E-state index contributed by atoms with van der Waals surface area (Å²) in [5.74, 6) is 0.0253. The number of para-hydroxylation sites is 1. The van der Waals surface area contributed by atoms with Crippen LogP contribution in [0.4, 0.5) is 5.69 Å². The fraction of sp³-hybridized carbons (Fsp3) is 0.462. The number of hydrogen-bond donors (Lipinski definition) is 2. The molecule has 0 saturated carbocycles. The summed E-state index contributed by atoms with van der Waals surface area (Å²) in [7, 11) is 0. The van der Waals surface area contributed by atoms with Crippen molar-refractivity contribution in [1.82, 2.24) is 4.90 Å². The standard InChI is InChI=1S/C13H18BrN3O.ClH/c14-11-3-1-2-4-12(11)16-13(18)9-17-7-5-10(15)6-8-17;/h1-4,10H,5-9,15H2,(H,16,18);1H. The van der Waals surface area contributed by atoms with E-state index in [2.05, 4.69) is 26.1 Å². The highest BCUT2D eigenvalue weighted by Crippen LogP contribution is 2.21. The molecule has 6 heteroatoms. The van der Waals surface area contributed by atoms with Crippen LogP contribution >= 0.6 is 28.3 Å². The monoisotopic (exact) mass is 347 g/mol. The summed E-state index contributed by atoms with van der Waals surface area (Å²) in [4.78, 5) is 14.1. The van der Waals surface area contributed by atoms with E-state index in [1.54, 1.807) is 0 Å². The van der Waals surface area contributed by atoms with Gasteiger partial charge < -0.3 is 11.1 Å². The van der Waals surface area contributed by atoms with Crippen LogP contribution in [-0.4, -0.2) is 36.5 Å². The Kier molecular flexibility index (Phi) is 6.79. The molecule has 1 aliphatic heterocycles. The van der Waals surface area contributed by atoms with Crippen LogP contribution in [-0.2, 0) is 4.79 Å². The highest BCUT2D eigenvalue weighted by Gasteiger charge is 2.18. The molecular formula is C13H19BrClN3O. The zero-order valence-electron chi connectivity index (χ0n) is 10.6. The van der Waals surface area contributed by atoms with Crippen molar-refractivity contribution >= 4 is 39.9 Å². The van der Waals surface area contributed by atoms with E-state index in [0.717, 1.165) is 36.1 Å². The van der Waals surface area contributed by atoms with Crippen LogP contribution in [0.25, 0.3) is 0 Å². The lowest BCUT2D eigenvalue weighted by Crippen LogP contribution is -2.43. The maximum atomic E-state index is 11.9. The highest BCUT2D eigenvalue weighted by atomic mass is 79.9. The second-order valence-corrected chi connectivity index (χ2v) is 5.50. The quantitative estimate of drug-likeness (QED) is 0.880. The molecule has 1 amide bonds. The van der Waals surface area contributed by atoms with Gasteiger partial charge in [0.25, 0.3) is 0 Å². The third-order valence-electron chi connectivity index (χ3n) is 3.15. The minimum absolute atomic E-state index is 0. The van der Waals surface area contributed by atoms with E-state index in [1.807, 2.05) is 24.3 Å². The van der Waals surface area contributed by atoms with E-state index in [0.29, 0.717) is 12.6 Å². The molecule has 1 aliphatic rings. The number of nitrogens with one attached hydrogen (secondary N) is 1. The summed E-state index contributed by atoms with van der Waals surface area (Å²) >= 11 is 3.41. The molecule has 1 heterocycles. The van der Waals surface area contributed by atoms with Gasteiger partial charge in [-0.2, -0.15) is 0 Å². The molecule has 0 aromatic heterocycles. The number of rotatable bonds is 3. The number of nitrogens with zero attached hydrogens (tertiary/aromatic N) is 1. The first kappa shape index (κ1) is 16.4. The van der Waals surface area contributed by atoms with E-state index in [4.69, 9.17) is 5.73 Å². The van der Waals surface area contributed by atoms with Crippen molar-refractivity contribution in [3.63, 3.8) is 0 Å². The Morgan fingerprint density at radius 3 is 2.63 bits per heavy atom.